The molecule has 2 saturated heterocycles. The molecule has 2 atom stereocenters. The van der Waals surface area contributed by atoms with Crippen molar-refractivity contribution in [1.29, 1.82) is 0 Å². The Hall–Kier alpha value is -0.200. The summed E-state index contributed by atoms with van der Waals surface area (Å²) in [7, 11) is 0. The number of aliphatic hydroxyl groups excluding tert-OH is 1. The third-order valence-electron chi connectivity index (χ3n) is 4.38. The van der Waals surface area contributed by atoms with Gasteiger partial charge in [-0.2, -0.15) is 0 Å². The fraction of sp³-hybridized carbons (Fsp3) is 1.00. The maximum Gasteiger partial charge on any atom is 0.0721 e. The van der Waals surface area contributed by atoms with Gasteiger partial charge in [-0.1, -0.05) is 0 Å². The maximum atomic E-state index is 8.70. The summed E-state index contributed by atoms with van der Waals surface area (Å²) in [5, 5.41) is 11.8. The summed E-state index contributed by atoms with van der Waals surface area (Å²) in [6.45, 7) is 9.64. The Kier molecular flexibility index (Phi) is 6.23. The van der Waals surface area contributed by atoms with E-state index in [2.05, 4.69) is 24.1 Å². The fourth-order valence-electron chi connectivity index (χ4n) is 3.40. The predicted octanol–water partition coefficient (Wildman–Crippen LogP) is 0.617. The Bertz CT molecular complexity index is 288. The molecule has 5 heteroatoms. The number of nitrogens with one attached hydrogen (secondary N) is 1. The van der Waals surface area contributed by atoms with Crippen molar-refractivity contribution in [2.24, 2.45) is 0 Å². The van der Waals surface area contributed by atoms with Crippen molar-refractivity contribution < 1.29 is 14.6 Å². The van der Waals surface area contributed by atoms with Crippen LogP contribution in [0.25, 0.3) is 0 Å². The van der Waals surface area contributed by atoms with Gasteiger partial charge in [-0.15, -0.1) is 0 Å². The maximum absolute atomic E-state index is 8.70. The van der Waals surface area contributed by atoms with Crippen molar-refractivity contribution >= 4 is 0 Å². The van der Waals surface area contributed by atoms with Crippen molar-refractivity contribution in [3.05, 3.63) is 0 Å². The Balaban J connectivity index is 1.73. The Labute approximate surface area is 122 Å². The van der Waals surface area contributed by atoms with Crippen LogP contribution in [-0.2, 0) is 9.47 Å². The zero-order valence-electron chi connectivity index (χ0n) is 12.9. The van der Waals surface area contributed by atoms with Crippen LogP contribution in [0.15, 0.2) is 0 Å². The van der Waals surface area contributed by atoms with Crippen molar-refractivity contribution in [3.8, 4) is 0 Å². The number of aliphatic hydroxyl groups is 1. The highest BCUT2D eigenvalue weighted by Crippen LogP contribution is 2.40. The molecule has 0 radical (unpaired) electrons. The molecule has 0 aliphatic carbocycles. The summed E-state index contributed by atoms with van der Waals surface area (Å²) >= 11 is 0. The first-order valence-electron chi connectivity index (χ1n) is 7.96. The molecule has 118 valence electrons. The van der Waals surface area contributed by atoms with Crippen LogP contribution < -0.4 is 5.32 Å². The molecule has 2 aliphatic heterocycles. The van der Waals surface area contributed by atoms with Crippen LogP contribution in [0.5, 0.6) is 0 Å². The minimum absolute atomic E-state index is 0.187. The van der Waals surface area contributed by atoms with Gasteiger partial charge in [-0.3, -0.25) is 4.90 Å². The average molecular weight is 286 g/mol. The van der Waals surface area contributed by atoms with Gasteiger partial charge >= 0.3 is 0 Å². The Morgan fingerprint density at radius 1 is 1.40 bits per heavy atom. The van der Waals surface area contributed by atoms with E-state index < -0.39 is 0 Å². The number of hydrogen-bond donors (Lipinski definition) is 2. The first-order valence-corrected chi connectivity index (χ1v) is 7.96. The second-order valence-electron chi connectivity index (χ2n) is 6.30. The quantitative estimate of drug-likeness (QED) is 0.609. The van der Waals surface area contributed by atoms with E-state index in [1.165, 1.54) is 19.4 Å². The van der Waals surface area contributed by atoms with E-state index in [0.717, 1.165) is 32.7 Å². The van der Waals surface area contributed by atoms with Gasteiger partial charge in [-0.25, -0.2) is 0 Å². The summed E-state index contributed by atoms with van der Waals surface area (Å²) < 4.78 is 11.9. The minimum Gasteiger partial charge on any atom is -0.395 e. The summed E-state index contributed by atoms with van der Waals surface area (Å²) in [6, 6.07) is 0. The van der Waals surface area contributed by atoms with E-state index in [-0.39, 0.29) is 12.1 Å². The zero-order chi connectivity index (χ0) is 14.4. The van der Waals surface area contributed by atoms with E-state index in [9.17, 15) is 0 Å². The SMILES string of the molecule is CC(C)OCC12CCCN1C[C@H](OCCNCCO)C2. The average Bonchev–Trinajstić information content (AvgIpc) is 2.93. The monoisotopic (exact) mass is 286 g/mol. The number of hydrogen-bond acceptors (Lipinski definition) is 5. The lowest BCUT2D eigenvalue weighted by Gasteiger charge is -2.32. The molecule has 0 aromatic carbocycles. The lowest BCUT2D eigenvalue weighted by atomic mass is 9.94. The van der Waals surface area contributed by atoms with E-state index in [1.54, 1.807) is 0 Å². The van der Waals surface area contributed by atoms with Gasteiger partial charge in [0.2, 0.25) is 0 Å². The van der Waals surface area contributed by atoms with Gasteiger partial charge in [0.25, 0.3) is 0 Å². The van der Waals surface area contributed by atoms with E-state index in [1.807, 2.05) is 0 Å². The molecule has 5 nitrogen and oxygen atoms in total. The van der Waals surface area contributed by atoms with Gasteiger partial charge in [0.1, 0.15) is 0 Å². The highest BCUT2D eigenvalue weighted by Gasteiger charge is 2.48. The number of fused-ring (bicyclic) bond motifs is 1. The highest BCUT2D eigenvalue weighted by atomic mass is 16.5. The van der Waals surface area contributed by atoms with Crippen molar-refractivity contribution in [2.45, 2.75) is 50.9 Å². The molecule has 0 spiro atoms. The third-order valence-corrected chi connectivity index (χ3v) is 4.38. The second kappa shape index (κ2) is 7.71. The zero-order valence-corrected chi connectivity index (χ0v) is 12.9. The molecule has 0 amide bonds. The van der Waals surface area contributed by atoms with Gasteiger partial charge in [0.05, 0.1) is 32.0 Å². The summed E-state index contributed by atoms with van der Waals surface area (Å²) in [5.41, 5.74) is 0.230. The number of ether oxygens (including phenoxy) is 2. The van der Waals surface area contributed by atoms with E-state index >= 15 is 0 Å². The largest absolute Gasteiger partial charge is 0.395 e. The van der Waals surface area contributed by atoms with Gasteiger partial charge in [0.15, 0.2) is 0 Å². The molecule has 2 rings (SSSR count). The van der Waals surface area contributed by atoms with Crippen molar-refractivity contribution in [1.82, 2.24) is 10.2 Å². The molecule has 2 heterocycles. The smallest absolute Gasteiger partial charge is 0.0721 e. The molecule has 0 bridgehead atoms. The van der Waals surface area contributed by atoms with Gasteiger partial charge in [0, 0.05) is 25.2 Å². The molecule has 0 saturated carbocycles. The van der Waals surface area contributed by atoms with Gasteiger partial charge in [-0.05, 0) is 39.7 Å². The van der Waals surface area contributed by atoms with Crippen LogP contribution in [0.4, 0.5) is 0 Å². The van der Waals surface area contributed by atoms with Crippen LogP contribution in [0, 0.1) is 0 Å². The number of nitrogens with zero attached hydrogens (tertiary/aromatic N) is 1. The molecule has 0 aromatic heterocycles. The van der Waals surface area contributed by atoms with Crippen LogP contribution in [0.1, 0.15) is 33.1 Å². The molecular formula is C15H30N2O3. The predicted molar refractivity (Wildman–Crippen MR) is 78.9 cm³/mol. The standard InChI is InChI=1S/C15H30N2O3/c1-13(2)20-12-15-4-3-7-17(15)11-14(10-15)19-9-6-16-5-8-18/h13-14,16,18H,3-12H2,1-2H3/t14-,15?/m1/s1. The molecule has 0 aromatic rings. The van der Waals surface area contributed by atoms with Crippen LogP contribution in [-0.4, -0.2) is 73.8 Å². The fourth-order valence-corrected chi connectivity index (χ4v) is 3.40. The molecule has 2 N–H and O–H groups in total. The Morgan fingerprint density at radius 3 is 3.00 bits per heavy atom. The molecule has 1 unspecified atom stereocenters. The first kappa shape index (κ1) is 16.2. The van der Waals surface area contributed by atoms with E-state index in [0.29, 0.717) is 18.8 Å². The third kappa shape index (κ3) is 4.15. The highest BCUT2D eigenvalue weighted by molar-refractivity contribution is 5.04. The summed E-state index contributed by atoms with van der Waals surface area (Å²) in [6.07, 6.45) is 4.25. The van der Waals surface area contributed by atoms with Crippen LogP contribution in [0.3, 0.4) is 0 Å². The second-order valence-corrected chi connectivity index (χ2v) is 6.30. The lowest BCUT2D eigenvalue weighted by Crippen LogP contribution is -2.43. The lowest BCUT2D eigenvalue weighted by molar-refractivity contribution is 0.000915. The molecule has 2 fully saturated rings. The Morgan fingerprint density at radius 2 is 2.25 bits per heavy atom. The molecule has 20 heavy (non-hydrogen) atoms. The van der Waals surface area contributed by atoms with E-state index in [4.69, 9.17) is 14.6 Å². The number of rotatable bonds is 9. The van der Waals surface area contributed by atoms with Gasteiger partial charge < -0.3 is 19.9 Å². The van der Waals surface area contributed by atoms with Crippen LogP contribution >= 0.6 is 0 Å². The normalized spacial score (nSPS) is 30.3. The summed E-state index contributed by atoms with van der Waals surface area (Å²) in [5.74, 6) is 0. The summed E-state index contributed by atoms with van der Waals surface area (Å²) in [4.78, 5) is 2.57. The topological polar surface area (TPSA) is 54.0 Å². The molecular weight excluding hydrogens is 256 g/mol. The van der Waals surface area contributed by atoms with Crippen molar-refractivity contribution in [2.75, 3.05) is 46.0 Å². The van der Waals surface area contributed by atoms with Crippen molar-refractivity contribution in [3.63, 3.8) is 0 Å². The minimum atomic E-state index is 0.187. The first-order chi connectivity index (χ1) is 9.66. The van der Waals surface area contributed by atoms with Crippen LogP contribution in [0.2, 0.25) is 0 Å². The molecule has 2 aliphatic rings.